The fourth-order valence-electron chi connectivity index (χ4n) is 2.40. The van der Waals surface area contributed by atoms with Gasteiger partial charge in [-0.2, -0.15) is 0 Å². The van der Waals surface area contributed by atoms with Gasteiger partial charge in [-0.05, 0) is 24.6 Å². The van der Waals surface area contributed by atoms with E-state index in [1.54, 1.807) is 0 Å². The molecular weight excluding hydrogens is 224 g/mol. The largest absolute Gasteiger partial charge is 0.340 e. The van der Waals surface area contributed by atoms with Crippen molar-refractivity contribution in [2.45, 2.75) is 20.3 Å². The molecule has 3 nitrogen and oxygen atoms in total. The maximum Gasteiger partial charge on any atom is 0.227 e. The van der Waals surface area contributed by atoms with Crippen LogP contribution in [0.1, 0.15) is 18.1 Å². The summed E-state index contributed by atoms with van der Waals surface area (Å²) in [7, 11) is 0. The van der Waals surface area contributed by atoms with E-state index in [2.05, 4.69) is 30.9 Å². The van der Waals surface area contributed by atoms with Crippen molar-refractivity contribution in [3.63, 3.8) is 0 Å². The number of carbonyl (C=O) groups is 1. The number of piperazine rings is 1. The molecule has 0 spiro atoms. The van der Waals surface area contributed by atoms with Crippen molar-refractivity contribution in [1.29, 1.82) is 0 Å². The molecule has 1 aromatic rings. The van der Waals surface area contributed by atoms with Crippen molar-refractivity contribution in [3.05, 3.63) is 35.4 Å². The molecule has 1 saturated heterocycles. The SMILES string of the molecule is CCN1CCN(C(=O)Cc2ccccc2C)CC1. The predicted octanol–water partition coefficient (Wildman–Crippen LogP) is 1.70. The number of amides is 1. The molecule has 0 N–H and O–H groups in total. The number of aryl methyl sites for hydroxylation is 1. The summed E-state index contributed by atoms with van der Waals surface area (Å²) in [6.07, 6.45) is 0.540. The van der Waals surface area contributed by atoms with Gasteiger partial charge in [0.05, 0.1) is 6.42 Å². The van der Waals surface area contributed by atoms with Crippen LogP contribution in [0.25, 0.3) is 0 Å². The minimum absolute atomic E-state index is 0.264. The Labute approximate surface area is 109 Å². The van der Waals surface area contributed by atoms with Crippen LogP contribution in [0, 0.1) is 6.92 Å². The van der Waals surface area contributed by atoms with E-state index in [1.165, 1.54) is 5.56 Å². The van der Waals surface area contributed by atoms with Crippen LogP contribution in [0.3, 0.4) is 0 Å². The van der Waals surface area contributed by atoms with Gasteiger partial charge in [0.25, 0.3) is 0 Å². The molecule has 0 atom stereocenters. The quantitative estimate of drug-likeness (QED) is 0.810. The Hall–Kier alpha value is -1.35. The van der Waals surface area contributed by atoms with Crippen LogP contribution in [-0.4, -0.2) is 48.4 Å². The zero-order valence-electron chi connectivity index (χ0n) is 11.4. The standard InChI is InChI=1S/C15H22N2O/c1-3-16-8-10-17(11-9-16)15(18)12-14-7-5-4-6-13(14)2/h4-7H,3,8-12H2,1-2H3. The Morgan fingerprint density at radius 3 is 2.44 bits per heavy atom. The fourth-order valence-corrected chi connectivity index (χ4v) is 2.40. The first-order chi connectivity index (χ1) is 8.70. The molecular formula is C15H22N2O. The molecule has 1 fully saturated rings. The second kappa shape index (κ2) is 6.01. The van der Waals surface area contributed by atoms with Crippen molar-refractivity contribution >= 4 is 5.91 Å². The summed E-state index contributed by atoms with van der Waals surface area (Å²) in [5.41, 5.74) is 2.36. The predicted molar refractivity (Wildman–Crippen MR) is 73.6 cm³/mol. The molecule has 0 radical (unpaired) electrons. The number of hydrogen-bond donors (Lipinski definition) is 0. The van der Waals surface area contributed by atoms with Gasteiger partial charge < -0.3 is 9.80 Å². The lowest BCUT2D eigenvalue weighted by molar-refractivity contribution is -0.132. The van der Waals surface area contributed by atoms with Crippen LogP contribution in [0.4, 0.5) is 0 Å². The zero-order valence-corrected chi connectivity index (χ0v) is 11.4. The number of benzene rings is 1. The molecule has 1 aliphatic heterocycles. The third-order valence-electron chi connectivity index (χ3n) is 3.78. The summed E-state index contributed by atoms with van der Waals surface area (Å²) >= 11 is 0. The van der Waals surface area contributed by atoms with Crippen molar-refractivity contribution in [2.24, 2.45) is 0 Å². The van der Waals surface area contributed by atoms with E-state index in [0.717, 1.165) is 38.3 Å². The summed E-state index contributed by atoms with van der Waals surface area (Å²) in [5.74, 6) is 0.264. The van der Waals surface area contributed by atoms with Gasteiger partial charge in [0, 0.05) is 26.2 Å². The number of hydrogen-bond acceptors (Lipinski definition) is 2. The molecule has 98 valence electrons. The molecule has 1 aliphatic rings. The van der Waals surface area contributed by atoms with Crippen molar-refractivity contribution in [2.75, 3.05) is 32.7 Å². The lowest BCUT2D eigenvalue weighted by Crippen LogP contribution is -2.48. The summed E-state index contributed by atoms with van der Waals surface area (Å²) in [5, 5.41) is 0. The Balaban J connectivity index is 1.91. The van der Waals surface area contributed by atoms with E-state index >= 15 is 0 Å². The van der Waals surface area contributed by atoms with Gasteiger partial charge in [0.2, 0.25) is 5.91 Å². The van der Waals surface area contributed by atoms with Gasteiger partial charge in [-0.25, -0.2) is 0 Å². The van der Waals surface area contributed by atoms with Crippen LogP contribution >= 0.6 is 0 Å². The highest BCUT2D eigenvalue weighted by molar-refractivity contribution is 5.79. The van der Waals surface area contributed by atoms with Crippen LogP contribution < -0.4 is 0 Å². The first-order valence-electron chi connectivity index (χ1n) is 6.75. The van der Waals surface area contributed by atoms with Crippen LogP contribution in [0.2, 0.25) is 0 Å². The number of likely N-dealkylation sites (N-methyl/N-ethyl adjacent to an activating group) is 1. The van der Waals surface area contributed by atoms with Crippen molar-refractivity contribution < 1.29 is 4.79 Å². The van der Waals surface area contributed by atoms with Crippen molar-refractivity contribution in [1.82, 2.24) is 9.80 Å². The van der Waals surface area contributed by atoms with Crippen LogP contribution in [0.15, 0.2) is 24.3 Å². The summed E-state index contributed by atoms with van der Waals surface area (Å²) in [6.45, 7) is 9.09. The van der Waals surface area contributed by atoms with Gasteiger partial charge in [0.15, 0.2) is 0 Å². The maximum absolute atomic E-state index is 12.2. The Morgan fingerprint density at radius 1 is 1.17 bits per heavy atom. The van der Waals surface area contributed by atoms with E-state index in [0.29, 0.717) is 6.42 Å². The van der Waals surface area contributed by atoms with E-state index in [1.807, 2.05) is 17.0 Å². The first kappa shape index (κ1) is 13.1. The molecule has 0 unspecified atom stereocenters. The lowest BCUT2D eigenvalue weighted by Gasteiger charge is -2.34. The molecule has 3 heteroatoms. The Kier molecular flexibility index (Phi) is 4.37. The summed E-state index contributed by atoms with van der Waals surface area (Å²) in [6, 6.07) is 8.14. The van der Waals surface area contributed by atoms with Crippen molar-refractivity contribution in [3.8, 4) is 0 Å². The normalized spacial score (nSPS) is 16.9. The monoisotopic (exact) mass is 246 g/mol. The van der Waals surface area contributed by atoms with Crippen LogP contribution in [0.5, 0.6) is 0 Å². The van der Waals surface area contributed by atoms with E-state index in [4.69, 9.17) is 0 Å². The second-order valence-corrected chi connectivity index (χ2v) is 4.92. The van der Waals surface area contributed by atoms with Gasteiger partial charge >= 0.3 is 0 Å². The molecule has 0 aliphatic carbocycles. The second-order valence-electron chi connectivity index (χ2n) is 4.92. The minimum atomic E-state index is 0.264. The fraction of sp³-hybridized carbons (Fsp3) is 0.533. The van der Waals surface area contributed by atoms with Crippen LogP contribution in [-0.2, 0) is 11.2 Å². The molecule has 0 saturated carbocycles. The van der Waals surface area contributed by atoms with Gasteiger partial charge in [0.1, 0.15) is 0 Å². The number of carbonyl (C=O) groups excluding carboxylic acids is 1. The maximum atomic E-state index is 12.2. The third kappa shape index (κ3) is 3.10. The van der Waals surface area contributed by atoms with E-state index < -0.39 is 0 Å². The highest BCUT2D eigenvalue weighted by Crippen LogP contribution is 2.10. The molecule has 0 bridgehead atoms. The Morgan fingerprint density at radius 2 is 1.83 bits per heavy atom. The minimum Gasteiger partial charge on any atom is -0.340 e. The Bertz CT molecular complexity index is 409. The topological polar surface area (TPSA) is 23.6 Å². The molecule has 0 aromatic heterocycles. The van der Waals surface area contributed by atoms with E-state index in [-0.39, 0.29) is 5.91 Å². The molecule has 2 rings (SSSR count). The lowest BCUT2D eigenvalue weighted by atomic mass is 10.1. The van der Waals surface area contributed by atoms with Gasteiger partial charge in [-0.1, -0.05) is 31.2 Å². The average Bonchev–Trinajstić information content (AvgIpc) is 2.41. The zero-order chi connectivity index (χ0) is 13.0. The molecule has 1 aromatic carbocycles. The van der Waals surface area contributed by atoms with Gasteiger partial charge in [-0.3, -0.25) is 4.79 Å². The smallest absolute Gasteiger partial charge is 0.227 e. The number of nitrogens with zero attached hydrogens (tertiary/aromatic N) is 2. The first-order valence-corrected chi connectivity index (χ1v) is 6.75. The average molecular weight is 246 g/mol. The molecule has 1 heterocycles. The highest BCUT2D eigenvalue weighted by atomic mass is 16.2. The number of rotatable bonds is 3. The van der Waals surface area contributed by atoms with E-state index in [9.17, 15) is 4.79 Å². The van der Waals surface area contributed by atoms with Gasteiger partial charge in [-0.15, -0.1) is 0 Å². The summed E-state index contributed by atoms with van der Waals surface area (Å²) in [4.78, 5) is 16.6. The third-order valence-corrected chi connectivity index (χ3v) is 3.78. The molecule has 18 heavy (non-hydrogen) atoms. The molecule has 1 amide bonds. The highest BCUT2D eigenvalue weighted by Gasteiger charge is 2.20. The summed E-state index contributed by atoms with van der Waals surface area (Å²) < 4.78 is 0.